The molecule has 0 atom stereocenters. The number of halogens is 2. The van der Waals surface area contributed by atoms with Gasteiger partial charge < -0.3 is 9.80 Å². The molecule has 2 aromatic rings. The van der Waals surface area contributed by atoms with E-state index in [9.17, 15) is 9.59 Å². The van der Waals surface area contributed by atoms with Gasteiger partial charge in [0.1, 0.15) is 0 Å². The predicted molar refractivity (Wildman–Crippen MR) is 124 cm³/mol. The van der Waals surface area contributed by atoms with Crippen molar-refractivity contribution in [1.29, 1.82) is 0 Å². The lowest BCUT2D eigenvalue weighted by atomic mass is 9.94. The van der Waals surface area contributed by atoms with Crippen LogP contribution in [0.15, 0.2) is 59.7 Å². The molecule has 0 radical (unpaired) electrons. The zero-order valence-electron chi connectivity index (χ0n) is 17.1. The number of amides is 1. The standard InChI is InChI=1S/C24H24Cl2N2O2/c1-27(2)12-11-23(29)28-15-19(13-17-7-3-5-9-21(17)25)24(30)20(16-28)14-18-8-4-6-10-22(18)26/h3-10,13-14H,11-12,15-16H2,1-2H3/b19-13+,20-14+. The van der Waals surface area contributed by atoms with E-state index in [1.165, 1.54) is 0 Å². The van der Waals surface area contributed by atoms with Crippen molar-refractivity contribution in [3.05, 3.63) is 80.8 Å². The Labute approximate surface area is 187 Å². The number of nitrogens with zero attached hydrogens (tertiary/aromatic N) is 2. The fourth-order valence-electron chi connectivity index (χ4n) is 3.25. The normalized spacial score (nSPS) is 17.2. The lowest BCUT2D eigenvalue weighted by molar-refractivity contribution is -0.131. The van der Waals surface area contributed by atoms with E-state index in [4.69, 9.17) is 23.2 Å². The van der Waals surface area contributed by atoms with Crippen molar-refractivity contribution in [1.82, 2.24) is 9.80 Å². The molecule has 2 aromatic carbocycles. The van der Waals surface area contributed by atoms with Gasteiger partial charge in [0, 0.05) is 47.2 Å². The van der Waals surface area contributed by atoms with Gasteiger partial charge >= 0.3 is 0 Å². The van der Waals surface area contributed by atoms with E-state index in [1.807, 2.05) is 55.4 Å². The van der Waals surface area contributed by atoms with Crippen LogP contribution in [0.2, 0.25) is 10.0 Å². The number of piperidine rings is 1. The molecule has 0 bridgehead atoms. The first-order valence-corrected chi connectivity index (χ1v) is 10.5. The quantitative estimate of drug-likeness (QED) is 0.622. The summed E-state index contributed by atoms with van der Waals surface area (Å²) < 4.78 is 0. The molecule has 1 fully saturated rings. The molecule has 0 saturated carbocycles. The van der Waals surface area contributed by atoms with Crippen LogP contribution in [-0.4, -0.2) is 55.2 Å². The van der Waals surface area contributed by atoms with Crippen LogP contribution in [0.3, 0.4) is 0 Å². The molecule has 1 aliphatic rings. The molecule has 30 heavy (non-hydrogen) atoms. The van der Waals surface area contributed by atoms with E-state index in [-0.39, 0.29) is 24.8 Å². The molecule has 6 heteroatoms. The van der Waals surface area contributed by atoms with Crippen LogP contribution in [0.5, 0.6) is 0 Å². The number of carbonyl (C=O) groups is 2. The number of ketones is 1. The lowest BCUT2D eigenvalue weighted by Crippen LogP contribution is -2.42. The first kappa shape index (κ1) is 22.3. The van der Waals surface area contributed by atoms with E-state index in [0.717, 1.165) is 11.1 Å². The van der Waals surface area contributed by atoms with Gasteiger partial charge in [-0.2, -0.15) is 0 Å². The molecule has 1 saturated heterocycles. The number of carbonyl (C=O) groups excluding carboxylic acids is 2. The first-order valence-electron chi connectivity index (χ1n) is 9.72. The molecular formula is C24H24Cl2N2O2. The number of rotatable bonds is 5. The maximum absolute atomic E-state index is 13.2. The van der Waals surface area contributed by atoms with Gasteiger partial charge in [-0.25, -0.2) is 0 Å². The Morgan fingerprint density at radius 2 is 1.40 bits per heavy atom. The van der Waals surface area contributed by atoms with Crippen molar-refractivity contribution < 1.29 is 9.59 Å². The molecule has 156 valence electrons. The van der Waals surface area contributed by atoms with Crippen LogP contribution in [0.25, 0.3) is 12.2 Å². The molecule has 0 aromatic heterocycles. The van der Waals surface area contributed by atoms with E-state index in [2.05, 4.69) is 0 Å². The van der Waals surface area contributed by atoms with Gasteiger partial charge in [0.25, 0.3) is 0 Å². The van der Waals surface area contributed by atoms with Gasteiger partial charge in [-0.1, -0.05) is 59.6 Å². The highest BCUT2D eigenvalue weighted by atomic mass is 35.5. The number of likely N-dealkylation sites (tertiary alicyclic amines) is 1. The molecule has 1 heterocycles. The van der Waals surface area contributed by atoms with E-state index in [1.54, 1.807) is 29.2 Å². The second-order valence-electron chi connectivity index (χ2n) is 7.51. The van der Waals surface area contributed by atoms with Gasteiger partial charge in [0.15, 0.2) is 5.78 Å². The summed E-state index contributed by atoms with van der Waals surface area (Å²) in [5.41, 5.74) is 2.57. The second-order valence-corrected chi connectivity index (χ2v) is 8.33. The van der Waals surface area contributed by atoms with Crippen molar-refractivity contribution in [3.8, 4) is 0 Å². The summed E-state index contributed by atoms with van der Waals surface area (Å²) in [4.78, 5) is 29.7. The molecule has 1 aliphatic heterocycles. The first-order chi connectivity index (χ1) is 14.3. The lowest BCUT2D eigenvalue weighted by Gasteiger charge is -2.30. The topological polar surface area (TPSA) is 40.6 Å². The maximum Gasteiger partial charge on any atom is 0.224 e. The van der Waals surface area contributed by atoms with Gasteiger partial charge in [0.2, 0.25) is 5.91 Å². The van der Waals surface area contributed by atoms with Crippen molar-refractivity contribution >= 4 is 47.0 Å². The van der Waals surface area contributed by atoms with Crippen LogP contribution >= 0.6 is 23.2 Å². The van der Waals surface area contributed by atoms with Gasteiger partial charge in [-0.15, -0.1) is 0 Å². The van der Waals surface area contributed by atoms with Crippen LogP contribution in [0.1, 0.15) is 17.5 Å². The minimum absolute atomic E-state index is 0.00585. The molecule has 0 N–H and O–H groups in total. The fourth-order valence-corrected chi connectivity index (χ4v) is 3.63. The van der Waals surface area contributed by atoms with Crippen LogP contribution < -0.4 is 0 Å². The van der Waals surface area contributed by atoms with E-state index in [0.29, 0.717) is 34.2 Å². The van der Waals surface area contributed by atoms with E-state index < -0.39 is 0 Å². The molecule has 0 spiro atoms. The highest BCUT2D eigenvalue weighted by molar-refractivity contribution is 6.33. The Morgan fingerprint density at radius 3 is 1.83 bits per heavy atom. The number of Topliss-reactive ketones (excluding diaryl/α,β-unsaturated/α-hetero) is 1. The third-order valence-electron chi connectivity index (χ3n) is 4.90. The second kappa shape index (κ2) is 10.1. The van der Waals surface area contributed by atoms with E-state index >= 15 is 0 Å². The SMILES string of the molecule is CN(C)CCC(=O)N1C/C(=C\c2ccccc2Cl)C(=O)/C(=C/c2ccccc2Cl)C1. The van der Waals surface area contributed by atoms with Crippen molar-refractivity contribution in [2.45, 2.75) is 6.42 Å². The predicted octanol–water partition coefficient (Wildman–Crippen LogP) is 4.82. The molecule has 1 amide bonds. The average Bonchev–Trinajstić information content (AvgIpc) is 2.72. The third-order valence-corrected chi connectivity index (χ3v) is 5.59. The van der Waals surface area contributed by atoms with Crippen LogP contribution in [0, 0.1) is 0 Å². The molecule has 4 nitrogen and oxygen atoms in total. The minimum atomic E-state index is -0.0912. The highest BCUT2D eigenvalue weighted by Crippen LogP contribution is 2.26. The summed E-state index contributed by atoms with van der Waals surface area (Å²) in [6.45, 7) is 1.17. The third kappa shape index (κ3) is 5.60. The summed E-state index contributed by atoms with van der Waals surface area (Å²) in [6.07, 6.45) is 3.94. The number of hydrogen-bond donors (Lipinski definition) is 0. The zero-order valence-corrected chi connectivity index (χ0v) is 18.6. The summed E-state index contributed by atoms with van der Waals surface area (Å²) in [5.74, 6) is -0.0854. The Bertz CT molecular complexity index is 944. The Hall–Kier alpha value is -2.40. The summed E-state index contributed by atoms with van der Waals surface area (Å²) >= 11 is 12.6. The fraction of sp³-hybridized carbons (Fsp3) is 0.250. The molecule has 0 unspecified atom stereocenters. The number of benzene rings is 2. The van der Waals surface area contributed by atoms with Gasteiger partial charge in [-0.05, 0) is 49.5 Å². The number of hydrogen-bond acceptors (Lipinski definition) is 3. The summed E-state index contributed by atoms with van der Waals surface area (Å²) in [7, 11) is 3.86. The van der Waals surface area contributed by atoms with Crippen LogP contribution in [-0.2, 0) is 9.59 Å². The molecule has 0 aliphatic carbocycles. The minimum Gasteiger partial charge on any atom is -0.334 e. The Kier molecular flexibility index (Phi) is 7.48. The highest BCUT2D eigenvalue weighted by Gasteiger charge is 2.29. The molecule has 3 rings (SSSR count). The molecular weight excluding hydrogens is 419 g/mol. The zero-order chi connectivity index (χ0) is 21.7. The van der Waals surface area contributed by atoms with Crippen molar-refractivity contribution in [2.24, 2.45) is 0 Å². The summed E-state index contributed by atoms with van der Waals surface area (Å²) in [6, 6.07) is 14.7. The van der Waals surface area contributed by atoms with Gasteiger partial charge in [-0.3, -0.25) is 9.59 Å². The van der Waals surface area contributed by atoms with Crippen molar-refractivity contribution in [3.63, 3.8) is 0 Å². The van der Waals surface area contributed by atoms with Crippen molar-refractivity contribution in [2.75, 3.05) is 33.7 Å². The smallest absolute Gasteiger partial charge is 0.224 e. The largest absolute Gasteiger partial charge is 0.334 e. The average molecular weight is 443 g/mol. The Balaban J connectivity index is 1.98. The van der Waals surface area contributed by atoms with Gasteiger partial charge in [0.05, 0.1) is 0 Å². The Morgan fingerprint density at radius 1 is 0.933 bits per heavy atom. The monoisotopic (exact) mass is 442 g/mol. The summed E-state index contributed by atoms with van der Waals surface area (Å²) in [5, 5.41) is 1.12. The van der Waals surface area contributed by atoms with Crippen LogP contribution in [0.4, 0.5) is 0 Å². The maximum atomic E-state index is 13.2.